The molecule has 0 radical (unpaired) electrons. The lowest BCUT2D eigenvalue weighted by molar-refractivity contribution is 0.0547. The average Bonchev–Trinajstić information content (AvgIpc) is 1.86. The summed E-state index contributed by atoms with van der Waals surface area (Å²) in [5.41, 5.74) is 2.70. The van der Waals surface area contributed by atoms with Crippen molar-refractivity contribution in [2.24, 2.45) is 0 Å². The smallest absolute Gasteiger partial charge is 0.0653 e. The summed E-state index contributed by atoms with van der Waals surface area (Å²) in [6, 6.07) is 0. The van der Waals surface area contributed by atoms with E-state index in [1.54, 1.807) is 0 Å². The highest BCUT2D eigenvalue weighted by atomic mass is 16.6. The summed E-state index contributed by atoms with van der Waals surface area (Å²) in [5.74, 6) is 0. The van der Waals surface area contributed by atoms with E-state index in [-0.39, 0.29) is 0 Å². The minimum absolute atomic E-state index is 0.744. The fraction of sp³-hybridized carbons (Fsp3) is 1.00. The first-order valence-corrected chi connectivity index (χ1v) is 3.26. The van der Waals surface area contributed by atoms with Crippen LogP contribution in [0.2, 0.25) is 0 Å². The molecule has 0 spiro atoms. The van der Waals surface area contributed by atoms with Gasteiger partial charge in [0.15, 0.2) is 0 Å². The van der Waals surface area contributed by atoms with Gasteiger partial charge in [-0.25, -0.2) is 5.48 Å². The Morgan fingerprint density at radius 2 is 1.67 bits per heavy atom. The summed E-state index contributed by atoms with van der Waals surface area (Å²) in [6.07, 6.45) is 0. The first-order chi connectivity index (χ1) is 4.33. The molecule has 0 rings (SSSR count). The molecule has 0 fully saturated rings. The van der Waals surface area contributed by atoms with Crippen LogP contribution in [0, 0.1) is 0 Å². The Labute approximate surface area is 57.7 Å². The molecule has 0 aromatic rings. The van der Waals surface area contributed by atoms with Crippen LogP contribution in [0.5, 0.6) is 0 Å². The van der Waals surface area contributed by atoms with E-state index in [1.165, 1.54) is 0 Å². The van der Waals surface area contributed by atoms with Crippen molar-refractivity contribution in [3.05, 3.63) is 0 Å². The van der Waals surface area contributed by atoms with Crippen LogP contribution >= 0.6 is 0 Å². The maximum absolute atomic E-state index is 4.73. The van der Waals surface area contributed by atoms with Gasteiger partial charge in [0.25, 0.3) is 0 Å². The second-order valence-corrected chi connectivity index (χ2v) is 1.43. The van der Waals surface area contributed by atoms with Crippen molar-refractivity contribution in [2.75, 3.05) is 27.2 Å². The third kappa shape index (κ3) is 32.8. The van der Waals surface area contributed by atoms with E-state index in [4.69, 9.17) is 4.84 Å². The maximum Gasteiger partial charge on any atom is 0.0653 e. The highest BCUT2D eigenvalue weighted by Crippen LogP contribution is 1.58. The topological polar surface area (TPSA) is 33.3 Å². The van der Waals surface area contributed by atoms with Crippen molar-refractivity contribution >= 4 is 0 Å². The van der Waals surface area contributed by atoms with E-state index in [9.17, 15) is 0 Å². The minimum atomic E-state index is 0.744. The van der Waals surface area contributed by atoms with Gasteiger partial charge in [0, 0.05) is 6.54 Å². The Bertz CT molecular complexity index is 30.2. The molecule has 0 aromatic heterocycles. The van der Waals surface area contributed by atoms with Crippen LogP contribution in [0.1, 0.15) is 13.8 Å². The molecule has 0 saturated heterocycles. The minimum Gasteiger partial charge on any atom is -0.323 e. The van der Waals surface area contributed by atoms with E-state index < -0.39 is 0 Å². The molecule has 3 nitrogen and oxygen atoms in total. The normalized spacial score (nSPS) is 8.00. The van der Waals surface area contributed by atoms with Crippen LogP contribution in [0.3, 0.4) is 0 Å². The number of hydrogen-bond donors (Lipinski definition) is 2. The van der Waals surface area contributed by atoms with Crippen LogP contribution in [-0.2, 0) is 4.84 Å². The Balaban J connectivity index is 0. The highest BCUT2D eigenvalue weighted by molar-refractivity contribution is 4.12. The zero-order valence-electron chi connectivity index (χ0n) is 6.82. The monoisotopic (exact) mass is 134 g/mol. The zero-order chi connectivity index (χ0) is 7.54. The van der Waals surface area contributed by atoms with Crippen LogP contribution in [-0.4, -0.2) is 27.2 Å². The van der Waals surface area contributed by atoms with E-state index in [0.29, 0.717) is 0 Å². The van der Waals surface area contributed by atoms with E-state index >= 15 is 0 Å². The molecule has 0 unspecified atom stereocenters. The first-order valence-electron chi connectivity index (χ1n) is 3.26. The second kappa shape index (κ2) is 15.7. The molecule has 2 N–H and O–H groups in total. The lowest BCUT2D eigenvalue weighted by atomic mass is 10.8. The second-order valence-electron chi connectivity index (χ2n) is 1.43. The fourth-order valence-corrected chi connectivity index (χ4v) is 0.204. The van der Waals surface area contributed by atoms with Gasteiger partial charge < -0.3 is 10.2 Å². The lowest BCUT2D eigenvalue weighted by Gasteiger charge is -1.94. The summed E-state index contributed by atoms with van der Waals surface area (Å²) in [5, 5.41) is 2.75. The summed E-state index contributed by atoms with van der Waals surface area (Å²) >= 11 is 0. The molecule has 0 aliphatic rings. The molecule has 0 aliphatic heterocycles. The van der Waals surface area contributed by atoms with Crippen molar-refractivity contribution in [3.8, 4) is 0 Å². The number of rotatable bonds is 3. The predicted octanol–water partition coefficient (Wildman–Crippen LogP) is 0.383. The van der Waals surface area contributed by atoms with E-state index in [0.717, 1.165) is 13.2 Å². The highest BCUT2D eigenvalue weighted by Gasteiger charge is 1.69. The maximum atomic E-state index is 4.73. The fourth-order valence-electron chi connectivity index (χ4n) is 0.204. The van der Waals surface area contributed by atoms with Crippen molar-refractivity contribution in [1.29, 1.82) is 0 Å². The van der Waals surface area contributed by atoms with Crippen molar-refractivity contribution < 1.29 is 4.84 Å². The Morgan fingerprint density at radius 3 is 1.78 bits per heavy atom. The van der Waals surface area contributed by atoms with Crippen molar-refractivity contribution in [1.82, 2.24) is 10.8 Å². The molecule has 9 heavy (non-hydrogen) atoms. The predicted molar refractivity (Wildman–Crippen MR) is 40.3 cm³/mol. The molecule has 0 bridgehead atoms. The molecule has 0 aromatic carbocycles. The Morgan fingerprint density at radius 1 is 1.22 bits per heavy atom. The van der Waals surface area contributed by atoms with E-state index in [1.807, 2.05) is 27.9 Å². The Kier molecular flexibility index (Phi) is 20.3. The summed E-state index contributed by atoms with van der Waals surface area (Å²) in [6.45, 7) is 5.57. The van der Waals surface area contributed by atoms with Crippen molar-refractivity contribution in [3.63, 3.8) is 0 Å². The van der Waals surface area contributed by atoms with Gasteiger partial charge in [0.2, 0.25) is 0 Å². The quantitative estimate of drug-likeness (QED) is 0.432. The van der Waals surface area contributed by atoms with Gasteiger partial charge in [-0.3, -0.25) is 0 Å². The third-order valence-corrected chi connectivity index (χ3v) is 0.391. The molecular weight excluding hydrogens is 116 g/mol. The largest absolute Gasteiger partial charge is 0.323 e. The summed E-state index contributed by atoms with van der Waals surface area (Å²) < 4.78 is 0. The average molecular weight is 134 g/mol. The molecule has 0 atom stereocenters. The van der Waals surface area contributed by atoms with Crippen LogP contribution in [0.25, 0.3) is 0 Å². The van der Waals surface area contributed by atoms with Gasteiger partial charge in [0.05, 0.1) is 6.61 Å². The number of nitrogens with one attached hydrogen (secondary N) is 2. The van der Waals surface area contributed by atoms with Gasteiger partial charge in [0.1, 0.15) is 0 Å². The molecule has 0 saturated carbocycles. The zero-order valence-corrected chi connectivity index (χ0v) is 6.82. The molecule has 3 heteroatoms. The van der Waals surface area contributed by atoms with Gasteiger partial charge in [-0.15, -0.1) is 0 Å². The SMILES string of the molecule is CCNOCC.CNC. The van der Waals surface area contributed by atoms with E-state index in [2.05, 4.69) is 10.8 Å². The third-order valence-electron chi connectivity index (χ3n) is 0.391. The molecule has 0 heterocycles. The number of hydrogen-bond acceptors (Lipinski definition) is 3. The van der Waals surface area contributed by atoms with Gasteiger partial charge in [-0.2, -0.15) is 0 Å². The van der Waals surface area contributed by atoms with Gasteiger partial charge >= 0.3 is 0 Å². The lowest BCUT2D eigenvalue weighted by Crippen LogP contribution is -2.12. The standard InChI is InChI=1S/C4H11NO.C2H7N/c1-3-5-6-4-2;1-3-2/h5H,3-4H2,1-2H3;3H,1-2H3. The van der Waals surface area contributed by atoms with Gasteiger partial charge in [-0.05, 0) is 21.0 Å². The Hall–Kier alpha value is -0.120. The summed E-state index contributed by atoms with van der Waals surface area (Å²) in [4.78, 5) is 4.73. The van der Waals surface area contributed by atoms with Crippen LogP contribution in [0.15, 0.2) is 0 Å². The molecule has 58 valence electrons. The van der Waals surface area contributed by atoms with Gasteiger partial charge in [-0.1, -0.05) is 6.92 Å². The molecule has 0 amide bonds. The first kappa shape index (κ1) is 11.6. The van der Waals surface area contributed by atoms with Crippen LogP contribution in [0.4, 0.5) is 0 Å². The molecular formula is C6H18N2O. The molecule has 0 aliphatic carbocycles. The van der Waals surface area contributed by atoms with Crippen LogP contribution < -0.4 is 10.8 Å². The van der Waals surface area contributed by atoms with Crippen molar-refractivity contribution in [2.45, 2.75) is 13.8 Å². The summed E-state index contributed by atoms with van der Waals surface area (Å²) in [7, 11) is 3.75. The number of hydroxylamine groups is 1.